The fourth-order valence-corrected chi connectivity index (χ4v) is 4.85. The molecule has 1 amide bonds. The summed E-state index contributed by atoms with van der Waals surface area (Å²) in [5.74, 6) is 0.783. The zero-order valence-electron chi connectivity index (χ0n) is 23.0. The van der Waals surface area contributed by atoms with Crippen molar-refractivity contribution in [3.8, 4) is 34.3 Å². The third kappa shape index (κ3) is 5.87. The molecule has 0 spiro atoms. The van der Waals surface area contributed by atoms with E-state index in [1.165, 1.54) is 6.20 Å². The van der Waals surface area contributed by atoms with Crippen molar-refractivity contribution >= 4 is 22.9 Å². The lowest BCUT2D eigenvalue weighted by molar-refractivity contribution is 0.0148. The van der Waals surface area contributed by atoms with Crippen LogP contribution in [0.15, 0.2) is 65.2 Å². The molecule has 0 unspecified atom stereocenters. The second-order valence-corrected chi connectivity index (χ2v) is 10.8. The maximum atomic E-state index is 12.4. The number of phenolic OH excluding ortho intramolecular Hbond substituents is 1. The first kappa shape index (κ1) is 27.0. The molecule has 1 fully saturated rings. The molecule has 0 bridgehead atoms. The quantitative estimate of drug-likeness (QED) is 0.321. The summed E-state index contributed by atoms with van der Waals surface area (Å²) < 4.78 is 11.8. The van der Waals surface area contributed by atoms with Crippen LogP contribution < -0.4 is 5.32 Å². The molecule has 0 saturated carbocycles. The minimum Gasteiger partial charge on any atom is -0.508 e. The molecule has 2 aromatic heterocycles. The number of piperazine rings is 1. The fourth-order valence-electron chi connectivity index (χ4n) is 4.85. The lowest BCUT2D eigenvalue weighted by Gasteiger charge is -2.35. The van der Waals surface area contributed by atoms with E-state index in [-0.39, 0.29) is 11.8 Å². The lowest BCUT2D eigenvalue weighted by atomic mass is 9.97. The van der Waals surface area contributed by atoms with E-state index in [1.54, 1.807) is 29.2 Å². The number of pyridine rings is 1. The van der Waals surface area contributed by atoms with Crippen molar-refractivity contribution in [2.75, 3.05) is 44.6 Å². The number of hydrogen-bond donors (Lipinski definition) is 2. The highest BCUT2D eigenvalue weighted by atomic mass is 16.6. The summed E-state index contributed by atoms with van der Waals surface area (Å²) >= 11 is 0. The van der Waals surface area contributed by atoms with Crippen LogP contribution in [0.3, 0.4) is 0 Å². The first-order valence-electron chi connectivity index (χ1n) is 13.4. The first-order chi connectivity index (χ1) is 19.2. The number of benzene rings is 2. The molecular weight excluding hydrogens is 506 g/mol. The Kier molecular flexibility index (Phi) is 7.63. The molecular formula is C31H33N5O4. The third-order valence-electron chi connectivity index (χ3n) is 6.79. The summed E-state index contributed by atoms with van der Waals surface area (Å²) in [4.78, 5) is 20.9. The second kappa shape index (κ2) is 11.3. The number of hydrogen-bond acceptors (Lipinski definition) is 8. The molecule has 4 aromatic rings. The van der Waals surface area contributed by atoms with Gasteiger partial charge in [-0.3, -0.25) is 4.90 Å². The molecule has 1 aliphatic rings. The van der Waals surface area contributed by atoms with Gasteiger partial charge in [0.15, 0.2) is 0 Å². The zero-order chi connectivity index (χ0) is 28.3. The molecule has 5 rings (SSSR count). The van der Waals surface area contributed by atoms with Gasteiger partial charge in [-0.1, -0.05) is 30.3 Å². The van der Waals surface area contributed by atoms with Gasteiger partial charge in [-0.15, -0.1) is 0 Å². The average molecular weight is 540 g/mol. The molecule has 1 saturated heterocycles. The number of anilines is 1. The van der Waals surface area contributed by atoms with Gasteiger partial charge in [0.1, 0.15) is 23.2 Å². The normalized spacial score (nSPS) is 14.2. The molecule has 0 atom stereocenters. The van der Waals surface area contributed by atoms with Gasteiger partial charge in [-0.25, -0.2) is 9.78 Å². The fraction of sp³-hybridized carbons (Fsp3) is 0.323. The Morgan fingerprint density at radius 1 is 1.07 bits per heavy atom. The number of phenols is 1. The number of furan rings is 1. The number of nitriles is 1. The van der Waals surface area contributed by atoms with Crippen LogP contribution in [0.4, 0.5) is 10.5 Å². The number of fused-ring (bicyclic) bond motifs is 1. The average Bonchev–Trinajstić information content (AvgIpc) is 3.33. The van der Waals surface area contributed by atoms with Crippen LogP contribution in [0.1, 0.15) is 26.3 Å². The van der Waals surface area contributed by atoms with Crippen LogP contribution in [0.5, 0.6) is 5.75 Å². The largest absolute Gasteiger partial charge is 0.508 e. The van der Waals surface area contributed by atoms with E-state index < -0.39 is 5.60 Å². The Balaban J connectivity index is 1.39. The molecule has 9 heteroatoms. The highest BCUT2D eigenvalue weighted by Gasteiger charge is 2.26. The van der Waals surface area contributed by atoms with Crippen LogP contribution in [0.2, 0.25) is 0 Å². The minimum atomic E-state index is -0.514. The maximum absolute atomic E-state index is 12.4. The van der Waals surface area contributed by atoms with E-state index in [0.29, 0.717) is 42.4 Å². The van der Waals surface area contributed by atoms with Gasteiger partial charge in [-0.2, -0.15) is 5.26 Å². The SMILES string of the molecule is CC(C)(C)OC(=O)N1CCN(CCNc2c(C#N)cnc3oc(-c4ccc(O)cc4)c(-c4ccccc4)c23)CC1. The van der Waals surface area contributed by atoms with Gasteiger partial charge in [0, 0.05) is 50.4 Å². The summed E-state index contributed by atoms with van der Waals surface area (Å²) in [5.41, 5.74) is 3.57. The number of aromatic hydroxyl groups is 1. The smallest absolute Gasteiger partial charge is 0.410 e. The standard InChI is InChI=1S/C31H33N5O4/c1-31(2,3)40-30(38)36-17-15-35(16-18-36)14-13-33-27-23(19-32)20-34-29-26(27)25(21-7-5-4-6-8-21)28(39-29)22-9-11-24(37)12-10-22/h4-12,20,37H,13-18H2,1-3H3,(H,33,34). The molecule has 0 radical (unpaired) electrons. The van der Waals surface area contributed by atoms with E-state index in [1.807, 2.05) is 51.1 Å². The lowest BCUT2D eigenvalue weighted by Crippen LogP contribution is -2.50. The van der Waals surface area contributed by atoms with Gasteiger partial charge in [0.2, 0.25) is 5.71 Å². The summed E-state index contributed by atoms with van der Waals surface area (Å²) in [7, 11) is 0. The van der Waals surface area contributed by atoms with Gasteiger partial charge < -0.3 is 24.5 Å². The van der Waals surface area contributed by atoms with Gasteiger partial charge >= 0.3 is 6.09 Å². The summed E-state index contributed by atoms with van der Waals surface area (Å²) in [6.07, 6.45) is 1.25. The van der Waals surface area contributed by atoms with Gasteiger partial charge in [-0.05, 0) is 50.6 Å². The van der Waals surface area contributed by atoms with Crippen molar-refractivity contribution in [1.82, 2.24) is 14.8 Å². The van der Waals surface area contributed by atoms with Crippen molar-refractivity contribution in [3.05, 3.63) is 66.4 Å². The maximum Gasteiger partial charge on any atom is 0.410 e. The monoisotopic (exact) mass is 539 g/mol. The number of aromatic nitrogens is 1. The van der Waals surface area contributed by atoms with Crippen LogP contribution in [-0.2, 0) is 4.74 Å². The highest BCUT2D eigenvalue weighted by Crippen LogP contribution is 2.44. The number of amides is 1. The van der Waals surface area contributed by atoms with Crippen molar-refractivity contribution in [3.63, 3.8) is 0 Å². The van der Waals surface area contributed by atoms with Gasteiger partial charge in [0.05, 0.1) is 22.8 Å². The number of ether oxygens (including phenoxy) is 1. The third-order valence-corrected chi connectivity index (χ3v) is 6.79. The zero-order valence-corrected chi connectivity index (χ0v) is 23.0. The molecule has 2 aromatic carbocycles. The predicted octanol–water partition coefficient (Wildman–Crippen LogP) is 5.70. The highest BCUT2D eigenvalue weighted by molar-refractivity contribution is 6.08. The number of nitrogens with one attached hydrogen (secondary N) is 1. The minimum absolute atomic E-state index is 0.167. The molecule has 206 valence electrons. The van der Waals surface area contributed by atoms with Gasteiger partial charge in [0.25, 0.3) is 0 Å². The molecule has 40 heavy (non-hydrogen) atoms. The van der Waals surface area contributed by atoms with E-state index in [9.17, 15) is 15.2 Å². The Morgan fingerprint density at radius 3 is 2.42 bits per heavy atom. The predicted molar refractivity (Wildman–Crippen MR) is 154 cm³/mol. The van der Waals surface area contributed by atoms with Crippen LogP contribution in [-0.4, -0.2) is 70.9 Å². The van der Waals surface area contributed by atoms with E-state index in [0.717, 1.165) is 41.7 Å². The Hall–Kier alpha value is -4.55. The van der Waals surface area contributed by atoms with Crippen molar-refractivity contribution in [2.24, 2.45) is 0 Å². The van der Waals surface area contributed by atoms with Crippen LogP contribution in [0.25, 0.3) is 33.6 Å². The Bertz CT molecular complexity index is 1530. The van der Waals surface area contributed by atoms with Crippen molar-refractivity contribution in [1.29, 1.82) is 5.26 Å². The number of carbonyl (C=O) groups is 1. The molecule has 0 aliphatic carbocycles. The first-order valence-corrected chi connectivity index (χ1v) is 13.4. The number of nitrogens with zero attached hydrogens (tertiary/aromatic N) is 4. The Labute approximate surface area is 233 Å². The van der Waals surface area contributed by atoms with Crippen LogP contribution in [0, 0.1) is 11.3 Å². The molecule has 2 N–H and O–H groups in total. The van der Waals surface area contributed by atoms with E-state index >= 15 is 0 Å². The number of rotatable bonds is 6. The summed E-state index contributed by atoms with van der Waals surface area (Å²) in [6, 6.07) is 19.0. The summed E-state index contributed by atoms with van der Waals surface area (Å²) in [6.45, 7) is 9.63. The van der Waals surface area contributed by atoms with Crippen molar-refractivity contribution in [2.45, 2.75) is 26.4 Å². The van der Waals surface area contributed by atoms with Crippen LogP contribution >= 0.6 is 0 Å². The topological polar surface area (TPSA) is 115 Å². The Morgan fingerprint density at radius 2 is 1.77 bits per heavy atom. The number of carbonyl (C=O) groups excluding carboxylic acids is 1. The molecule has 3 heterocycles. The molecule has 1 aliphatic heterocycles. The van der Waals surface area contributed by atoms with E-state index in [2.05, 4.69) is 21.3 Å². The van der Waals surface area contributed by atoms with E-state index in [4.69, 9.17) is 9.15 Å². The molecule has 9 nitrogen and oxygen atoms in total. The van der Waals surface area contributed by atoms with Crippen molar-refractivity contribution < 1.29 is 19.1 Å². The summed E-state index contributed by atoms with van der Waals surface area (Å²) in [5, 5.41) is 24.0. The second-order valence-electron chi connectivity index (χ2n) is 10.8.